The monoisotopic (exact) mass is 464 g/mol. The van der Waals surface area contributed by atoms with E-state index in [1.54, 1.807) is 6.07 Å². The number of rotatable bonds is 4. The molecule has 0 spiro atoms. The van der Waals surface area contributed by atoms with E-state index in [-0.39, 0.29) is 0 Å². The molecule has 35 heavy (non-hydrogen) atoms. The largest absolute Gasteiger partial charge is 0.444 e. The normalized spacial score (nSPS) is 14.7. The number of benzene rings is 2. The summed E-state index contributed by atoms with van der Waals surface area (Å²) in [5, 5.41) is 12.7. The van der Waals surface area contributed by atoms with Crippen molar-refractivity contribution >= 4 is 11.7 Å². The van der Waals surface area contributed by atoms with Crippen molar-refractivity contribution in [2.75, 3.05) is 0 Å². The number of hydrogen-bond donors (Lipinski definition) is 1. The Morgan fingerprint density at radius 3 is 2.34 bits per heavy atom. The standard InChI is InChI=1S/C29H28N4O2/c1-28(2,3)35-27(34)32-29(16-8-17-29)23-14-12-20(13-15-23)24-25(21-9-5-4-6-10-21)33-18-7-11-22(19-30)26(33)31-24/h4-7,9-15,18H,8,16-17H2,1-3H3,(H,32,34). The van der Waals surface area contributed by atoms with Gasteiger partial charge in [-0.15, -0.1) is 0 Å². The lowest BCUT2D eigenvalue weighted by Crippen LogP contribution is -2.52. The van der Waals surface area contributed by atoms with Gasteiger partial charge in [-0.25, -0.2) is 9.78 Å². The number of pyridine rings is 1. The van der Waals surface area contributed by atoms with Gasteiger partial charge in [-0.3, -0.25) is 4.40 Å². The predicted octanol–water partition coefficient (Wildman–Crippen LogP) is 6.44. The summed E-state index contributed by atoms with van der Waals surface area (Å²) in [4.78, 5) is 17.4. The lowest BCUT2D eigenvalue weighted by Gasteiger charge is -2.43. The number of fused-ring (bicyclic) bond motifs is 1. The van der Waals surface area contributed by atoms with Crippen molar-refractivity contribution in [3.8, 4) is 28.6 Å². The van der Waals surface area contributed by atoms with Crippen LogP contribution in [0.4, 0.5) is 4.79 Å². The van der Waals surface area contributed by atoms with Gasteiger partial charge in [0.1, 0.15) is 11.7 Å². The summed E-state index contributed by atoms with van der Waals surface area (Å²) in [5.41, 5.74) is 5.00. The average molecular weight is 465 g/mol. The molecule has 0 saturated heterocycles. The fourth-order valence-electron chi connectivity index (χ4n) is 4.69. The van der Waals surface area contributed by atoms with Crippen molar-refractivity contribution < 1.29 is 9.53 Å². The van der Waals surface area contributed by atoms with Crippen LogP contribution in [0.1, 0.15) is 51.2 Å². The number of carbonyl (C=O) groups is 1. The third-order valence-corrected chi connectivity index (χ3v) is 6.48. The van der Waals surface area contributed by atoms with E-state index in [1.807, 2.05) is 67.8 Å². The van der Waals surface area contributed by atoms with Gasteiger partial charge in [0.25, 0.3) is 0 Å². The van der Waals surface area contributed by atoms with Crippen molar-refractivity contribution in [2.24, 2.45) is 0 Å². The maximum absolute atomic E-state index is 12.5. The fraction of sp³-hybridized carbons (Fsp3) is 0.276. The zero-order chi connectivity index (χ0) is 24.6. The quantitative estimate of drug-likeness (QED) is 0.377. The van der Waals surface area contributed by atoms with Gasteiger partial charge in [-0.2, -0.15) is 5.26 Å². The Morgan fingerprint density at radius 2 is 1.74 bits per heavy atom. The van der Waals surface area contributed by atoms with Crippen LogP contribution < -0.4 is 5.32 Å². The van der Waals surface area contributed by atoms with Crippen LogP contribution in [-0.4, -0.2) is 21.1 Å². The van der Waals surface area contributed by atoms with Gasteiger partial charge in [0.15, 0.2) is 5.65 Å². The second-order valence-corrected chi connectivity index (χ2v) is 10.0. The Morgan fingerprint density at radius 1 is 1.03 bits per heavy atom. The number of hydrogen-bond acceptors (Lipinski definition) is 4. The molecule has 4 aromatic rings. The van der Waals surface area contributed by atoms with E-state index in [0.717, 1.165) is 47.3 Å². The van der Waals surface area contributed by atoms with Crippen LogP contribution in [0.5, 0.6) is 0 Å². The molecule has 0 aliphatic heterocycles. The highest BCUT2D eigenvalue weighted by Crippen LogP contribution is 2.42. The molecule has 1 aliphatic rings. The summed E-state index contributed by atoms with van der Waals surface area (Å²) in [6.45, 7) is 5.60. The molecule has 0 radical (unpaired) electrons. The van der Waals surface area contributed by atoms with Crippen molar-refractivity contribution in [3.05, 3.63) is 84.1 Å². The molecule has 1 fully saturated rings. The highest BCUT2D eigenvalue weighted by molar-refractivity contribution is 5.83. The molecule has 2 aromatic heterocycles. The van der Waals surface area contributed by atoms with E-state index in [0.29, 0.717) is 11.2 Å². The zero-order valence-electron chi connectivity index (χ0n) is 20.2. The number of imidazole rings is 1. The zero-order valence-corrected chi connectivity index (χ0v) is 20.2. The summed E-state index contributed by atoms with van der Waals surface area (Å²) < 4.78 is 7.50. The van der Waals surface area contributed by atoms with Gasteiger partial charge in [0.2, 0.25) is 0 Å². The highest BCUT2D eigenvalue weighted by Gasteiger charge is 2.41. The number of carbonyl (C=O) groups excluding carboxylic acids is 1. The number of nitriles is 1. The number of ether oxygens (including phenoxy) is 1. The number of amides is 1. The van der Waals surface area contributed by atoms with Crippen LogP contribution >= 0.6 is 0 Å². The molecule has 1 N–H and O–H groups in total. The van der Waals surface area contributed by atoms with Gasteiger partial charge in [-0.1, -0.05) is 54.6 Å². The number of nitrogens with zero attached hydrogens (tertiary/aromatic N) is 3. The van der Waals surface area contributed by atoms with E-state index in [2.05, 4.69) is 35.7 Å². The molecule has 1 amide bonds. The molecule has 176 valence electrons. The summed E-state index contributed by atoms with van der Waals surface area (Å²) in [5.74, 6) is 0. The minimum absolute atomic E-state index is 0.392. The first-order chi connectivity index (χ1) is 16.8. The SMILES string of the molecule is CC(C)(C)OC(=O)NC1(c2ccc(-c3nc4c(C#N)cccn4c3-c3ccccc3)cc2)CCC1. The molecule has 0 unspecified atom stereocenters. The summed E-state index contributed by atoms with van der Waals surface area (Å²) in [6.07, 6.45) is 4.36. The molecule has 0 atom stereocenters. The van der Waals surface area contributed by atoms with E-state index in [1.165, 1.54) is 0 Å². The smallest absolute Gasteiger partial charge is 0.408 e. The minimum atomic E-state index is -0.544. The third-order valence-electron chi connectivity index (χ3n) is 6.48. The Hall–Kier alpha value is -4.11. The summed E-state index contributed by atoms with van der Waals surface area (Å²) in [7, 11) is 0. The maximum atomic E-state index is 12.5. The van der Waals surface area contributed by atoms with Crippen LogP contribution in [0.25, 0.3) is 28.2 Å². The van der Waals surface area contributed by atoms with Gasteiger partial charge in [0.05, 0.1) is 22.5 Å². The van der Waals surface area contributed by atoms with Gasteiger partial charge in [-0.05, 0) is 57.7 Å². The Kier molecular flexibility index (Phi) is 5.56. The van der Waals surface area contributed by atoms with E-state index in [4.69, 9.17) is 9.72 Å². The topological polar surface area (TPSA) is 79.4 Å². The Labute approximate surface area is 205 Å². The first-order valence-electron chi connectivity index (χ1n) is 11.9. The molecule has 6 heteroatoms. The number of nitrogens with one attached hydrogen (secondary N) is 1. The van der Waals surface area contributed by atoms with Crippen molar-refractivity contribution in [3.63, 3.8) is 0 Å². The molecular formula is C29H28N4O2. The summed E-state index contributed by atoms with van der Waals surface area (Å²) in [6, 6.07) is 24.2. The van der Waals surface area contributed by atoms with Crippen LogP contribution in [-0.2, 0) is 10.3 Å². The number of aromatic nitrogens is 2. The van der Waals surface area contributed by atoms with Gasteiger partial charge >= 0.3 is 6.09 Å². The molecular weight excluding hydrogens is 436 g/mol. The van der Waals surface area contributed by atoms with Crippen LogP contribution in [0, 0.1) is 11.3 Å². The molecule has 6 nitrogen and oxygen atoms in total. The van der Waals surface area contributed by atoms with E-state index >= 15 is 0 Å². The second-order valence-electron chi connectivity index (χ2n) is 10.0. The highest BCUT2D eigenvalue weighted by atomic mass is 16.6. The van der Waals surface area contributed by atoms with E-state index in [9.17, 15) is 10.1 Å². The van der Waals surface area contributed by atoms with Crippen molar-refractivity contribution in [2.45, 2.75) is 51.2 Å². The van der Waals surface area contributed by atoms with E-state index < -0.39 is 17.2 Å². The van der Waals surface area contributed by atoms with Gasteiger partial charge < -0.3 is 10.1 Å². The maximum Gasteiger partial charge on any atom is 0.408 e. The first-order valence-corrected chi connectivity index (χ1v) is 11.9. The number of alkyl carbamates (subject to hydrolysis) is 1. The molecule has 1 saturated carbocycles. The van der Waals surface area contributed by atoms with Crippen molar-refractivity contribution in [1.29, 1.82) is 5.26 Å². The Balaban J connectivity index is 1.54. The lowest BCUT2D eigenvalue weighted by molar-refractivity contribution is 0.0377. The summed E-state index contributed by atoms with van der Waals surface area (Å²) >= 11 is 0. The molecule has 2 aromatic carbocycles. The average Bonchev–Trinajstić information content (AvgIpc) is 3.21. The van der Waals surface area contributed by atoms with Crippen LogP contribution in [0.2, 0.25) is 0 Å². The minimum Gasteiger partial charge on any atom is -0.444 e. The first kappa shape index (κ1) is 22.7. The van der Waals surface area contributed by atoms with Crippen LogP contribution in [0.3, 0.4) is 0 Å². The molecule has 1 aliphatic carbocycles. The van der Waals surface area contributed by atoms with Crippen molar-refractivity contribution in [1.82, 2.24) is 14.7 Å². The van der Waals surface area contributed by atoms with Gasteiger partial charge in [0, 0.05) is 17.3 Å². The predicted molar refractivity (Wildman–Crippen MR) is 136 cm³/mol. The molecule has 0 bridgehead atoms. The lowest BCUT2D eigenvalue weighted by atomic mass is 9.71. The third kappa shape index (κ3) is 4.26. The molecule has 5 rings (SSSR count). The Bertz CT molecular complexity index is 1420. The second kappa shape index (κ2) is 8.59. The molecule has 2 heterocycles. The fourth-order valence-corrected chi connectivity index (χ4v) is 4.69. The van der Waals surface area contributed by atoms with Crippen LogP contribution in [0.15, 0.2) is 72.9 Å².